The summed E-state index contributed by atoms with van der Waals surface area (Å²) in [6.45, 7) is 2.27. The summed E-state index contributed by atoms with van der Waals surface area (Å²) in [5, 5.41) is 8.51. The maximum absolute atomic E-state index is 10.3. The predicted molar refractivity (Wildman–Crippen MR) is 91.7 cm³/mol. The van der Waals surface area contributed by atoms with E-state index in [4.69, 9.17) is 5.11 Å². The molecule has 0 aliphatic rings. The summed E-state index contributed by atoms with van der Waals surface area (Å²) in [4.78, 5) is 10.3. The Morgan fingerprint density at radius 2 is 1.14 bits per heavy atom. The van der Waals surface area contributed by atoms with Crippen LogP contribution >= 0.6 is 0 Å². The normalized spacial score (nSPS) is 11.3. The number of hydrogen-bond donors (Lipinski definition) is 1. The zero-order valence-corrected chi connectivity index (χ0v) is 14.1. The molecular weight excluding hydrogens is 260 g/mol. The second-order valence-electron chi connectivity index (χ2n) is 6.08. The highest BCUT2D eigenvalue weighted by atomic mass is 16.4. The zero-order valence-electron chi connectivity index (χ0n) is 14.1. The van der Waals surface area contributed by atoms with Crippen molar-refractivity contribution in [1.29, 1.82) is 0 Å². The van der Waals surface area contributed by atoms with Gasteiger partial charge in [0.15, 0.2) is 0 Å². The Morgan fingerprint density at radius 3 is 1.62 bits per heavy atom. The largest absolute Gasteiger partial charge is 0.481 e. The van der Waals surface area contributed by atoms with E-state index >= 15 is 0 Å². The number of carbonyl (C=O) groups is 1. The first-order chi connectivity index (χ1) is 10.3. The van der Waals surface area contributed by atoms with Crippen LogP contribution in [0.1, 0.15) is 103 Å². The maximum atomic E-state index is 10.3. The Morgan fingerprint density at radius 1 is 0.714 bits per heavy atom. The number of hydrogen-bond acceptors (Lipinski definition) is 1. The molecule has 0 bridgehead atoms. The van der Waals surface area contributed by atoms with Crippen LogP contribution in [0.25, 0.3) is 0 Å². The Hall–Kier alpha value is -0.790. The quantitative estimate of drug-likeness (QED) is 0.261. The molecule has 0 aromatic carbocycles. The smallest absolute Gasteiger partial charge is 0.303 e. The molecule has 0 aliphatic carbocycles. The van der Waals surface area contributed by atoms with Gasteiger partial charge in [0.25, 0.3) is 0 Å². The Balaban J connectivity index is 3.06. The van der Waals surface area contributed by atoms with Gasteiger partial charge in [-0.25, -0.2) is 0 Å². The first-order valence-electron chi connectivity index (χ1n) is 9.14. The summed E-state index contributed by atoms with van der Waals surface area (Å²) < 4.78 is 0. The van der Waals surface area contributed by atoms with Crippen LogP contribution in [-0.2, 0) is 4.79 Å². The van der Waals surface area contributed by atoms with Crippen molar-refractivity contribution >= 4 is 5.97 Å². The summed E-state index contributed by atoms with van der Waals surface area (Å²) in [6.07, 6.45) is 22.7. The van der Waals surface area contributed by atoms with E-state index in [1.165, 1.54) is 70.6 Å². The van der Waals surface area contributed by atoms with Gasteiger partial charge in [0, 0.05) is 6.42 Å². The highest BCUT2D eigenvalue weighted by Crippen LogP contribution is 2.11. The average Bonchev–Trinajstić information content (AvgIpc) is 2.46. The Kier molecular flexibility index (Phi) is 16.6. The number of unbranched alkanes of at least 4 members (excludes halogenated alkanes) is 12. The standard InChI is InChI=1S/C19H36O2/c1-2-3-4-5-6-7-8-9-10-11-12-13-14-15-16-17-18-19(20)21/h13-14H,2-12,15-18H2,1H3,(H,20,21)/b14-13-. The van der Waals surface area contributed by atoms with Crippen LogP contribution in [0.2, 0.25) is 0 Å². The van der Waals surface area contributed by atoms with Crippen LogP contribution in [0.4, 0.5) is 0 Å². The van der Waals surface area contributed by atoms with Gasteiger partial charge < -0.3 is 5.11 Å². The second kappa shape index (κ2) is 17.3. The summed E-state index contributed by atoms with van der Waals surface area (Å²) >= 11 is 0. The van der Waals surface area contributed by atoms with E-state index in [-0.39, 0.29) is 0 Å². The van der Waals surface area contributed by atoms with E-state index in [1.807, 2.05) is 0 Å². The molecule has 0 saturated heterocycles. The molecule has 1 N–H and O–H groups in total. The molecular formula is C19H36O2. The average molecular weight is 296 g/mol. The number of allylic oxidation sites excluding steroid dienone is 2. The lowest BCUT2D eigenvalue weighted by atomic mass is 10.1. The predicted octanol–water partition coefficient (Wildman–Crippen LogP) is 6.50. The summed E-state index contributed by atoms with van der Waals surface area (Å²) in [6, 6.07) is 0. The Labute approximate surface area is 132 Å². The lowest BCUT2D eigenvalue weighted by Crippen LogP contribution is -1.92. The zero-order chi connectivity index (χ0) is 15.6. The van der Waals surface area contributed by atoms with Crippen molar-refractivity contribution in [3.63, 3.8) is 0 Å². The number of carboxylic acids is 1. The fraction of sp³-hybridized carbons (Fsp3) is 0.842. The van der Waals surface area contributed by atoms with Crippen molar-refractivity contribution < 1.29 is 9.90 Å². The highest BCUT2D eigenvalue weighted by Gasteiger charge is 1.94. The van der Waals surface area contributed by atoms with Gasteiger partial charge in [-0.15, -0.1) is 0 Å². The first-order valence-corrected chi connectivity index (χ1v) is 9.14. The van der Waals surface area contributed by atoms with Crippen LogP contribution in [0.15, 0.2) is 12.2 Å². The van der Waals surface area contributed by atoms with Gasteiger partial charge in [-0.05, 0) is 32.1 Å². The fourth-order valence-electron chi connectivity index (χ4n) is 2.52. The SMILES string of the molecule is CCCCCCCCCCCC/C=C\CCCCC(=O)O. The fourth-order valence-corrected chi connectivity index (χ4v) is 2.52. The molecule has 0 spiro atoms. The number of carboxylic acid groups (broad SMARTS) is 1. The minimum absolute atomic E-state index is 0.312. The van der Waals surface area contributed by atoms with Gasteiger partial charge in [-0.3, -0.25) is 4.79 Å². The molecule has 0 rings (SSSR count). The molecule has 21 heavy (non-hydrogen) atoms. The molecule has 2 heteroatoms. The third-order valence-electron chi connectivity index (χ3n) is 3.90. The monoisotopic (exact) mass is 296 g/mol. The van der Waals surface area contributed by atoms with E-state index in [2.05, 4.69) is 19.1 Å². The van der Waals surface area contributed by atoms with Gasteiger partial charge >= 0.3 is 5.97 Å². The molecule has 0 saturated carbocycles. The van der Waals surface area contributed by atoms with Crippen LogP contribution in [0, 0.1) is 0 Å². The molecule has 0 heterocycles. The molecule has 0 fully saturated rings. The molecule has 0 unspecified atom stereocenters. The molecule has 0 atom stereocenters. The van der Waals surface area contributed by atoms with Gasteiger partial charge in [0.2, 0.25) is 0 Å². The van der Waals surface area contributed by atoms with Crippen molar-refractivity contribution in [2.75, 3.05) is 0 Å². The van der Waals surface area contributed by atoms with Gasteiger partial charge in [0.1, 0.15) is 0 Å². The van der Waals surface area contributed by atoms with Crippen LogP contribution in [-0.4, -0.2) is 11.1 Å². The second-order valence-corrected chi connectivity index (χ2v) is 6.08. The van der Waals surface area contributed by atoms with Crippen molar-refractivity contribution in [2.45, 2.75) is 103 Å². The molecule has 0 amide bonds. The highest BCUT2D eigenvalue weighted by molar-refractivity contribution is 5.66. The van der Waals surface area contributed by atoms with Crippen LogP contribution in [0.3, 0.4) is 0 Å². The number of rotatable bonds is 16. The molecule has 0 radical (unpaired) electrons. The van der Waals surface area contributed by atoms with E-state index in [0.29, 0.717) is 6.42 Å². The van der Waals surface area contributed by atoms with Crippen molar-refractivity contribution in [2.24, 2.45) is 0 Å². The van der Waals surface area contributed by atoms with Crippen molar-refractivity contribution in [3.8, 4) is 0 Å². The van der Waals surface area contributed by atoms with Crippen molar-refractivity contribution in [1.82, 2.24) is 0 Å². The summed E-state index contributed by atoms with van der Waals surface area (Å²) in [5.41, 5.74) is 0. The molecule has 124 valence electrons. The van der Waals surface area contributed by atoms with Gasteiger partial charge in [0.05, 0.1) is 0 Å². The van der Waals surface area contributed by atoms with E-state index in [1.54, 1.807) is 0 Å². The molecule has 0 aromatic rings. The lowest BCUT2D eigenvalue weighted by Gasteiger charge is -2.01. The van der Waals surface area contributed by atoms with E-state index in [0.717, 1.165) is 19.3 Å². The maximum Gasteiger partial charge on any atom is 0.303 e. The lowest BCUT2D eigenvalue weighted by molar-refractivity contribution is -0.137. The Bertz CT molecular complexity index is 246. The third-order valence-corrected chi connectivity index (χ3v) is 3.90. The van der Waals surface area contributed by atoms with E-state index < -0.39 is 5.97 Å². The molecule has 2 nitrogen and oxygen atoms in total. The van der Waals surface area contributed by atoms with Gasteiger partial charge in [-0.1, -0.05) is 76.9 Å². The van der Waals surface area contributed by atoms with Crippen LogP contribution in [0.5, 0.6) is 0 Å². The topological polar surface area (TPSA) is 37.3 Å². The third kappa shape index (κ3) is 19.2. The van der Waals surface area contributed by atoms with Crippen molar-refractivity contribution in [3.05, 3.63) is 12.2 Å². The number of aliphatic carboxylic acids is 1. The van der Waals surface area contributed by atoms with Crippen LogP contribution < -0.4 is 0 Å². The molecule has 0 aromatic heterocycles. The van der Waals surface area contributed by atoms with Gasteiger partial charge in [-0.2, -0.15) is 0 Å². The van der Waals surface area contributed by atoms with E-state index in [9.17, 15) is 4.79 Å². The minimum atomic E-state index is -0.677. The first kappa shape index (κ1) is 20.2. The minimum Gasteiger partial charge on any atom is -0.481 e. The molecule has 0 aliphatic heterocycles. The summed E-state index contributed by atoms with van der Waals surface area (Å²) in [5.74, 6) is -0.677. The summed E-state index contributed by atoms with van der Waals surface area (Å²) in [7, 11) is 0.